The van der Waals surface area contributed by atoms with Crippen LogP contribution < -0.4 is 0 Å². The van der Waals surface area contributed by atoms with E-state index < -0.39 is 0 Å². The third-order valence-corrected chi connectivity index (χ3v) is 2.33. The Balaban J connectivity index is 2.63. The lowest BCUT2D eigenvalue weighted by Gasteiger charge is -2.32. The largest absolute Gasteiger partial charge is 0.499 e. The third-order valence-electron chi connectivity index (χ3n) is 2.33. The van der Waals surface area contributed by atoms with Gasteiger partial charge in [-0.15, -0.1) is 0 Å². The topological polar surface area (TPSA) is 9.23 Å². The Morgan fingerprint density at radius 3 is 2.75 bits per heavy atom. The van der Waals surface area contributed by atoms with Crippen LogP contribution >= 0.6 is 0 Å². The Kier molecular flexibility index (Phi) is 2.81. The SMILES string of the molecule is CCOC1=CC(C)CC(C)(C)C1. The molecule has 1 unspecified atom stereocenters. The number of allylic oxidation sites excluding steroid dienone is 2. The first kappa shape index (κ1) is 9.63. The fourth-order valence-electron chi connectivity index (χ4n) is 2.14. The molecule has 1 heteroatoms. The predicted molar refractivity (Wildman–Crippen MR) is 51.9 cm³/mol. The highest BCUT2D eigenvalue weighted by Crippen LogP contribution is 2.38. The van der Waals surface area contributed by atoms with Crippen LogP contribution in [0.15, 0.2) is 11.8 Å². The molecule has 1 aliphatic rings. The van der Waals surface area contributed by atoms with E-state index in [4.69, 9.17) is 4.74 Å². The smallest absolute Gasteiger partial charge is 0.0927 e. The van der Waals surface area contributed by atoms with E-state index in [0.29, 0.717) is 11.3 Å². The Bertz CT molecular complexity index is 179. The van der Waals surface area contributed by atoms with Gasteiger partial charge in [0, 0.05) is 6.42 Å². The molecule has 0 spiro atoms. The summed E-state index contributed by atoms with van der Waals surface area (Å²) in [5.74, 6) is 1.87. The summed E-state index contributed by atoms with van der Waals surface area (Å²) >= 11 is 0. The molecular formula is C11H20O. The monoisotopic (exact) mass is 168 g/mol. The summed E-state index contributed by atoms with van der Waals surface area (Å²) in [6.07, 6.45) is 4.66. The van der Waals surface area contributed by atoms with Crippen LogP contribution in [0.4, 0.5) is 0 Å². The predicted octanol–water partition coefficient (Wildman–Crippen LogP) is 3.36. The van der Waals surface area contributed by atoms with Gasteiger partial charge in [-0.25, -0.2) is 0 Å². The molecule has 0 bridgehead atoms. The van der Waals surface area contributed by atoms with E-state index in [1.807, 2.05) is 6.92 Å². The van der Waals surface area contributed by atoms with E-state index in [1.165, 1.54) is 12.2 Å². The van der Waals surface area contributed by atoms with E-state index in [9.17, 15) is 0 Å². The molecule has 0 aliphatic heterocycles. The molecule has 0 aromatic rings. The van der Waals surface area contributed by atoms with Crippen LogP contribution in [0.3, 0.4) is 0 Å². The maximum Gasteiger partial charge on any atom is 0.0927 e. The van der Waals surface area contributed by atoms with E-state index >= 15 is 0 Å². The van der Waals surface area contributed by atoms with Crippen LogP contribution in [0.1, 0.15) is 40.5 Å². The van der Waals surface area contributed by atoms with Gasteiger partial charge in [0.1, 0.15) is 0 Å². The molecule has 0 radical (unpaired) electrons. The second-order valence-electron chi connectivity index (χ2n) is 4.59. The Hall–Kier alpha value is -0.460. The van der Waals surface area contributed by atoms with Gasteiger partial charge in [0.25, 0.3) is 0 Å². The lowest BCUT2D eigenvalue weighted by atomic mass is 9.76. The van der Waals surface area contributed by atoms with Crippen LogP contribution in [-0.2, 0) is 4.74 Å². The summed E-state index contributed by atoms with van der Waals surface area (Å²) in [5.41, 5.74) is 0.429. The first-order valence-electron chi connectivity index (χ1n) is 4.87. The molecular weight excluding hydrogens is 148 g/mol. The molecule has 12 heavy (non-hydrogen) atoms. The van der Waals surface area contributed by atoms with Crippen LogP contribution in [-0.4, -0.2) is 6.61 Å². The maximum atomic E-state index is 5.55. The minimum Gasteiger partial charge on any atom is -0.499 e. The lowest BCUT2D eigenvalue weighted by Crippen LogP contribution is -2.21. The second kappa shape index (κ2) is 3.51. The van der Waals surface area contributed by atoms with Gasteiger partial charge < -0.3 is 4.74 Å². The fraction of sp³-hybridized carbons (Fsp3) is 0.818. The fourth-order valence-corrected chi connectivity index (χ4v) is 2.14. The van der Waals surface area contributed by atoms with E-state index in [1.54, 1.807) is 0 Å². The van der Waals surface area contributed by atoms with Crippen molar-refractivity contribution in [2.75, 3.05) is 6.61 Å². The van der Waals surface area contributed by atoms with Gasteiger partial charge in [-0.3, -0.25) is 0 Å². The van der Waals surface area contributed by atoms with Crippen molar-refractivity contribution >= 4 is 0 Å². The summed E-state index contributed by atoms with van der Waals surface area (Å²) < 4.78 is 5.55. The average Bonchev–Trinajstić information content (AvgIpc) is 1.82. The van der Waals surface area contributed by atoms with Gasteiger partial charge in [0.2, 0.25) is 0 Å². The standard InChI is InChI=1S/C11H20O/c1-5-12-10-6-9(2)7-11(3,4)8-10/h6,9H,5,7-8H2,1-4H3. The van der Waals surface area contributed by atoms with Gasteiger partial charge in [-0.05, 0) is 30.8 Å². The van der Waals surface area contributed by atoms with E-state index in [-0.39, 0.29) is 0 Å². The molecule has 0 N–H and O–H groups in total. The number of ether oxygens (including phenoxy) is 1. The summed E-state index contributed by atoms with van der Waals surface area (Å²) in [4.78, 5) is 0. The van der Waals surface area contributed by atoms with Crippen molar-refractivity contribution < 1.29 is 4.74 Å². The van der Waals surface area contributed by atoms with Crippen molar-refractivity contribution in [1.82, 2.24) is 0 Å². The Morgan fingerprint density at radius 2 is 2.25 bits per heavy atom. The van der Waals surface area contributed by atoms with E-state index in [2.05, 4.69) is 26.8 Å². The van der Waals surface area contributed by atoms with Gasteiger partial charge in [-0.1, -0.05) is 20.8 Å². The zero-order chi connectivity index (χ0) is 9.19. The van der Waals surface area contributed by atoms with Crippen molar-refractivity contribution in [2.45, 2.75) is 40.5 Å². The summed E-state index contributed by atoms with van der Waals surface area (Å²) in [7, 11) is 0. The van der Waals surface area contributed by atoms with Crippen LogP contribution in [0.25, 0.3) is 0 Å². The van der Waals surface area contributed by atoms with Crippen molar-refractivity contribution in [3.8, 4) is 0 Å². The average molecular weight is 168 g/mol. The van der Waals surface area contributed by atoms with Crippen molar-refractivity contribution in [1.29, 1.82) is 0 Å². The number of rotatable bonds is 2. The zero-order valence-electron chi connectivity index (χ0n) is 8.68. The van der Waals surface area contributed by atoms with Gasteiger partial charge in [-0.2, -0.15) is 0 Å². The molecule has 0 aromatic heterocycles. The highest BCUT2D eigenvalue weighted by Gasteiger charge is 2.27. The lowest BCUT2D eigenvalue weighted by molar-refractivity contribution is 0.156. The summed E-state index contributed by atoms with van der Waals surface area (Å²) in [6, 6.07) is 0. The molecule has 0 aromatic carbocycles. The van der Waals surface area contributed by atoms with Crippen molar-refractivity contribution in [2.24, 2.45) is 11.3 Å². The van der Waals surface area contributed by atoms with Crippen molar-refractivity contribution in [3.63, 3.8) is 0 Å². The Labute approximate surface area is 75.8 Å². The minimum absolute atomic E-state index is 0.429. The van der Waals surface area contributed by atoms with Crippen LogP contribution in [0.5, 0.6) is 0 Å². The van der Waals surface area contributed by atoms with Gasteiger partial charge >= 0.3 is 0 Å². The Morgan fingerprint density at radius 1 is 1.58 bits per heavy atom. The highest BCUT2D eigenvalue weighted by atomic mass is 16.5. The molecule has 1 rings (SSSR count). The zero-order valence-corrected chi connectivity index (χ0v) is 8.68. The molecule has 0 fully saturated rings. The van der Waals surface area contributed by atoms with Gasteiger partial charge in [0.05, 0.1) is 12.4 Å². The van der Waals surface area contributed by atoms with Crippen molar-refractivity contribution in [3.05, 3.63) is 11.8 Å². The quantitative estimate of drug-likeness (QED) is 0.614. The summed E-state index contributed by atoms with van der Waals surface area (Å²) in [5, 5.41) is 0. The molecule has 70 valence electrons. The molecule has 0 saturated heterocycles. The second-order valence-corrected chi connectivity index (χ2v) is 4.59. The third kappa shape index (κ3) is 2.54. The number of hydrogen-bond donors (Lipinski definition) is 0. The highest BCUT2D eigenvalue weighted by molar-refractivity contribution is 5.05. The molecule has 1 aliphatic carbocycles. The molecule has 1 nitrogen and oxygen atoms in total. The molecule has 0 amide bonds. The molecule has 0 heterocycles. The maximum absolute atomic E-state index is 5.55. The molecule has 1 atom stereocenters. The van der Waals surface area contributed by atoms with Crippen LogP contribution in [0, 0.1) is 11.3 Å². The normalized spacial score (nSPS) is 28.0. The summed E-state index contributed by atoms with van der Waals surface area (Å²) in [6.45, 7) is 9.74. The minimum atomic E-state index is 0.429. The van der Waals surface area contributed by atoms with Crippen LogP contribution in [0.2, 0.25) is 0 Å². The first-order valence-corrected chi connectivity index (χ1v) is 4.87. The van der Waals surface area contributed by atoms with Gasteiger partial charge in [0.15, 0.2) is 0 Å². The first-order chi connectivity index (χ1) is 5.53. The molecule has 0 saturated carbocycles. The number of hydrogen-bond acceptors (Lipinski definition) is 1. The van der Waals surface area contributed by atoms with E-state index in [0.717, 1.165) is 13.0 Å².